The summed E-state index contributed by atoms with van der Waals surface area (Å²) >= 11 is 7.03. The predicted octanol–water partition coefficient (Wildman–Crippen LogP) is 1.91. The minimum Gasteiger partial charge on any atom is -0.298 e. The summed E-state index contributed by atoms with van der Waals surface area (Å²) in [6.45, 7) is 1.57. The van der Waals surface area contributed by atoms with Crippen LogP contribution in [0.2, 0.25) is 5.02 Å². The van der Waals surface area contributed by atoms with Crippen molar-refractivity contribution in [1.82, 2.24) is 30.2 Å². The lowest BCUT2D eigenvalue weighted by Crippen LogP contribution is -2.14. The van der Waals surface area contributed by atoms with Crippen molar-refractivity contribution in [2.45, 2.75) is 17.8 Å². The number of halogens is 1. The average molecular weight is 380 g/mol. The van der Waals surface area contributed by atoms with E-state index in [1.807, 2.05) is 0 Å². The summed E-state index contributed by atoms with van der Waals surface area (Å²) < 4.78 is 1.41. The van der Waals surface area contributed by atoms with Crippen molar-refractivity contribution in [2.24, 2.45) is 0 Å². The number of aryl methyl sites for hydroxylation is 1. The minimum atomic E-state index is -0.564. The number of nitrogens with zero attached hydrogens (tertiary/aromatic N) is 6. The van der Waals surface area contributed by atoms with Crippen LogP contribution in [0.15, 0.2) is 34.3 Å². The third-order valence-corrected chi connectivity index (χ3v) is 4.35. The maximum Gasteiger partial charge on any atom is 0.290 e. The van der Waals surface area contributed by atoms with Crippen molar-refractivity contribution in [3.05, 3.63) is 61.3 Å². The van der Waals surface area contributed by atoms with Gasteiger partial charge in [0.2, 0.25) is 0 Å². The SMILES string of the molecule is Cc1nnc(SCc2cn(-c3ccc(Cl)c([N+](=O)[O-])c3)nn2)[nH]c1=O. The van der Waals surface area contributed by atoms with E-state index in [2.05, 4.69) is 25.5 Å². The fourth-order valence-corrected chi connectivity index (χ4v) is 2.73. The summed E-state index contributed by atoms with van der Waals surface area (Å²) in [6, 6.07) is 4.35. The molecule has 0 atom stereocenters. The van der Waals surface area contributed by atoms with Crippen molar-refractivity contribution in [2.75, 3.05) is 0 Å². The Kier molecular flexibility index (Phi) is 4.76. The van der Waals surface area contributed by atoms with Gasteiger partial charge in [-0.05, 0) is 19.1 Å². The van der Waals surface area contributed by atoms with Crippen LogP contribution in [-0.4, -0.2) is 35.1 Å². The summed E-state index contributed by atoms with van der Waals surface area (Å²) in [7, 11) is 0. The van der Waals surface area contributed by atoms with Gasteiger partial charge in [-0.3, -0.25) is 19.9 Å². The van der Waals surface area contributed by atoms with Gasteiger partial charge < -0.3 is 0 Å². The second kappa shape index (κ2) is 6.99. The Balaban J connectivity index is 1.76. The first-order chi connectivity index (χ1) is 11.9. The highest BCUT2D eigenvalue weighted by atomic mass is 35.5. The van der Waals surface area contributed by atoms with Crippen LogP contribution in [0.1, 0.15) is 11.4 Å². The van der Waals surface area contributed by atoms with Crippen molar-refractivity contribution < 1.29 is 4.92 Å². The maximum absolute atomic E-state index is 11.5. The van der Waals surface area contributed by atoms with Gasteiger partial charge in [-0.25, -0.2) is 4.68 Å². The number of H-pyrrole nitrogens is 1. The fourth-order valence-electron chi connectivity index (χ4n) is 1.86. The molecule has 12 heteroatoms. The lowest BCUT2D eigenvalue weighted by molar-refractivity contribution is -0.384. The number of rotatable bonds is 5. The molecule has 0 spiro atoms. The number of nitrogens with one attached hydrogen (secondary N) is 1. The number of thioether (sulfide) groups is 1. The van der Waals surface area contributed by atoms with E-state index in [1.165, 1.54) is 28.6 Å². The van der Waals surface area contributed by atoms with Crippen LogP contribution in [0.3, 0.4) is 0 Å². The molecule has 3 aromatic rings. The Morgan fingerprint density at radius 1 is 1.36 bits per heavy atom. The van der Waals surface area contributed by atoms with Gasteiger partial charge in [0.25, 0.3) is 11.2 Å². The summed E-state index contributed by atoms with van der Waals surface area (Å²) in [6.07, 6.45) is 1.62. The molecule has 3 rings (SSSR count). The minimum absolute atomic E-state index is 0.0477. The van der Waals surface area contributed by atoms with E-state index < -0.39 is 4.92 Å². The Labute approximate surface area is 149 Å². The number of benzene rings is 1. The zero-order valence-electron chi connectivity index (χ0n) is 12.7. The lowest BCUT2D eigenvalue weighted by atomic mass is 10.3. The van der Waals surface area contributed by atoms with Crippen LogP contribution >= 0.6 is 23.4 Å². The number of aromatic nitrogens is 6. The molecule has 1 aromatic carbocycles. The van der Waals surface area contributed by atoms with Gasteiger partial charge in [0.1, 0.15) is 10.7 Å². The van der Waals surface area contributed by atoms with Gasteiger partial charge in [-0.15, -0.1) is 15.3 Å². The quantitative estimate of drug-likeness (QED) is 0.403. The van der Waals surface area contributed by atoms with Crippen LogP contribution < -0.4 is 5.56 Å². The molecule has 128 valence electrons. The van der Waals surface area contributed by atoms with Crippen LogP contribution in [0, 0.1) is 17.0 Å². The second-order valence-electron chi connectivity index (χ2n) is 4.88. The number of nitro groups is 1. The molecule has 0 bridgehead atoms. The molecule has 0 radical (unpaired) electrons. The van der Waals surface area contributed by atoms with Crippen LogP contribution in [0.5, 0.6) is 0 Å². The first-order valence-corrected chi connectivity index (χ1v) is 8.22. The third-order valence-electron chi connectivity index (χ3n) is 3.13. The smallest absolute Gasteiger partial charge is 0.290 e. The Morgan fingerprint density at radius 3 is 2.88 bits per heavy atom. The van der Waals surface area contributed by atoms with E-state index in [-0.39, 0.29) is 16.3 Å². The van der Waals surface area contributed by atoms with E-state index >= 15 is 0 Å². The molecule has 0 saturated carbocycles. The molecule has 0 saturated heterocycles. The molecule has 0 aliphatic heterocycles. The normalized spacial score (nSPS) is 10.8. The zero-order valence-corrected chi connectivity index (χ0v) is 14.3. The number of hydrogen-bond donors (Lipinski definition) is 1. The molecule has 0 aliphatic carbocycles. The summed E-state index contributed by atoms with van der Waals surface area (Å²) in [4.78, 5) is 24.5. The molecule has 25 heavy (non-hydrogen) atoms. The van der Waals surface area contributed by atoms with E-state index in [1.54, 1.807) is 19.2 Å². The third kappa shape index (κ3) is 3.83. The highest BCUT2D eigenvalue weighted by Gasteiger charge is 2.14. The van der Waals surface area contributed by atoms with Crippen molar-refractivity contribution in [1.29, 1.82) is 0 Å². The van der Waals surface area contributed by atoms with Crippen LogP contribution in [-0.2, 0) is 5.75 Å². The number of hydrogen-bond acceptors (Lipinski definition) is 8. The van der Waals surface area contributed by atoms with Gasteiger partial charge in [-0.2, -0.15) is 0 Å². The first kappa shape index (κ1) is 17.0. The van der Waals surface area contributed by atoms with Crippen molar-refractivity contribution in [3.63, 3.8) is 0 Å². The molecule has 2 aromatic heterocycles. The van der Waals surface area contributed by atoms with E-state index in [4.69, 9.17) is 11.6 Å². The molecule has 10 nitrogen and oxygen atoms in total. The van der Waals surface area contributed by atoms with E-state index in [9.17, 15) is 14.9 Å². The van der Waals surface area contributed by atoms with Crippen molar-refractivity contribution in [3.8, 4) is 5.69 Å². The molecule has 0 unspecified atom stereocenters. The molecular weight excluding hydrogens is 370 g/mol. The molecule has 0 fully saturated rings. The number of nitro benzene ring substituents is 1. The maximum atomic E-state index is 11.5. The standard InChI is InChI=1S/C13H10ClN7O3S/c1-7-12(22)15-13(18-16-7)25-6-8-5-20(19-17-8)9-2-3-10(14)11(4-9)21(23)24/h2-5H,6H2,1H3,(H,15,18,22). The summed E-state index contributed by atoms with van der Waals surface area (Å²) in [5.41, 5.74) is 0.849. The average Bonchev–Trinajstić information content (AvgIpc) is 3.05. The summed E-state index contributed by atoms with van der Waals surface area (Å²) in [5.74, 6) is 0.392. The van der Waals surface area contributed by atoms with Gasteiger partial charge >= 0.3 is 0 Å². The largest absolute Gasteiger partial charge is 0.298 e. The van der Waals surface area contributed by atoms with E-state index in [0.717, 1.165) is 0 Å². The second-order valence-corrected chi connectivity index (χ2v) is 6.25. The van der Waals surface area contributed by atoms with Crippen molar-refractivity contribution >= 4 is 29.1 Å². The molecule has 0 aliphatic rings. The van der Waals surface area contributed by atoms with E-state index in [0.29, 0.717) is 28.0 Å². The molecule has 0 amide bonds. The lowest BCUT2D eigenvalue weighted by Gasteiger charge is -2.01. The van der Waals surface area contributed by atoms with Gasteiger partial charge in [-0.1, -0.05) is 28.6 Å². The predicted molar refractivity (Wildman–Crippen MR) is 90.0 cm³/mol. The van der Waals surface area contributed by atoms with Gasteiger partial charge in [0, 0.05) is 11.8 Å². The number of aromatic amines is 1. The summed E-state index contributed by atoms with van der Waals surface area (Å²) in [5, 5.41) is 26.9. The first-order valence-electron chi connectivity index (χ1n) is 6.86. The van der Waals surface area contributed by atoms with Crippen LogP contribution in [0.25, 0.3) is 5.69 Å². The van der Waals surface area contributed by atoms with Crippen LogP contribution in [0.4, 0.5) is 5.69 Å². The van der Waals surface area contributed by atoms with Gasteiger partial charge in [0.05, 0.1) is 22.5 Å². The zero-order chi connectivity index (χ0) is 18.0. The Morgan fingerprint density at radius 2 is 2.16 bits per heavy atom. The Hall–Kier alpha value is -2.79. The highest BCUT2D eigenvalue weighted by Crippen LogP contribution is 2.26. The molecule has 1 N–H and O–H groups in total. The fraction of sp³-hybridized carbons (Fsp3) is 0.154. The molecule has 2 heterocycles. The molecular formula is C13H10ClN7O3S. The monoisotopic (exact) mass is 379 g/mol. The Bertz CT molecular complexity index is 1000. The van der Waals surface area contributed by atoms with Gasteiger partial charge in [0.15, 0.2) is 5.16 Å². The topological polar surface area (TPSA) is 132 Å². The highest BCUT2D eigenvalue weighted by molar-refractivity contribution is 7.98.